The van der Waals surface area contributed by atoms with E-state index in [4.69, 9.17) is 9.47 Å². The highest BCUT2D eigenvalue weighted by atomic mass is 16.5. The quantitative estimate of drug-likeness (QED) is 0.575. The third-order valence-corrected chi connectivity index (χ3v) is 6.05. The first-order chi connectivity index (χ1) is 13.5. The molecular weight excluding hydrogens is 352 g/mol. The molecule has 0 unspecified atom stereocenters. The van der Waals surface area contributed by atoms with Gasteiger partial charge in [-0.15, -0.1) is 0 Å². The molecule has 3 aliphatic rings. The van der Waals surface area contributed by atoms with Gasteiger partial charge in [0.1, 0.15) is 17.3 Å². The second-order valence-electron chi connectivity index (χ2n) is 7.91. The first-order valence-electron chi connectivity index (χ1n) is 9.66. The molecule has 0 radical (unpaired) electrons. The number of carbonyl (C=O) groups is 2. The van der Waals surface area contributed by atoms with Crippen LogP contribution in [-0.2, 0) is 14.3 Å². The van der Waals surface area contributed by atoms with Crippen LogP contribution in [0.2, 0.25) is 0 Å². The molecule has 0 saturated heterocycles. The Morgan fingerprint density at radius 1 is 1.04 bits per heavy atom. The Balaban J connectivity index is 1.94. The van der Waals surface area contributed by atoms with Crippen molar-refractivity contribution in [1.82, 2.24) is 0 Å². The summed E-state index contributed by atoms with van der Waals surface area (Å²) in [6.07, 6.45) is 1.99. The fraction of sp³-hybridized carbons (Fsp3) is 0.333. The van der Waals surface area contributed by atoms with Crippen LogP contribution in [0.4, 0.5) is 0 Å². The summed E-state index contributed by atoms with van der Waals surface area (Å²) in [5.74, 6) is 0.397. The summed E-state index contributed by atoms with van der Waals surface area (Å²) in [5, 5.41) is 0. The van der Waals surface area contributed by atoms with E-state index >= 15 is 0 Å². The number of Topliss-reactive ketones (excluding diaryl/α,β-unsaturated/α-hetero) is 1. The van der Waals surface area contributed by atoms with Gasteiger partial charge in [0, 0.05) is 17.9 Å². The molecule has 2 bridgehead atoms. The van der Waals surface area contributed by atoms with Crippen molar-refractivity contribution in [3.63, 3.8) is 0 Å². The highest BCUT2D eigenvalue weighted by Gasteiger charge is 2.56. The summed E-state index contributed by atoms with van der Waals surface area (Å²) in [6, 6.07) is 19.2. The zero-order chi connectivity index (χ0) is 19.7. The zero-order valence-corrected chi connectivity index (χ0v) is 16.2. The lowest BCUT2D eigenvalue weighted by Crippen LogP contribution is -2.51. The molecule has 144 valence electrons. The second-order valence-corrected chi connectivity index (χ2v) is 7.91. The number of benzene rings is 2. The first-order valence-corrected chi connectivity index (χ1v) is 9.66. The second kappa shape index (κ2) is 7.27. The van der Waals surface area contributed by atoms with Crippen molar-refractivity contribution >= 4 is 17.5 Å². The van der Waals surface area contributed by atoms with Gasteiger partial charge in [-0.1, -0.05) is 55.5 Å². The molecule has 3 fully saturated rings. The molecule has 3 saturated carbocycles. The molecule has 3 atom stereocenters. The topological polar surface area (TPSA) is 52.6 Å². The summed E-state index contributed by atoms with van der Waals surface area (Å²) < 4.78 is 11.5. The molecule has 0 spiro atoms. The molecule has 28 heavy (non-hydrogen) atoms. The smallest absolute Gasteiger partial charge is 0.313 e. The number of carbonyl (C=O) groups excluding carboxylic acids is 2. The lowest BCUT2D eigenvalue weighted by atomic mass is 9.52. The van der Waals surface area contributed by atoms with Crippen LogP contribution in [0, 0.1) is 17.3 Å². The third kappa shape index (κ3) is 3.13. The van der Waals surface area contributed by atoms with Gasteiger partial charge in [-0.25, -0.2) is 0 Å². The third-order valence-electron chi connectivity index (χ3n) is 6.05. The van der Waals surface area contributed by atoms with E-state index in [1.807, 2.05) is 67.6 Å². The van der Waals surface area contributed by atoms with Gasteiger partial charge < -0.3 is 9.47 Å². The van der Waals surface area contributed by atoms with Crippen molar-refractivity contribution < 1.29 is 19.1 Å². The molecule has 0 heterocycles. The predicted octanol–water partition coefficient (Wildman–Crippen LogP) is 4.66. The van der Waals surface area contributed by atoms with E-state index in [0.717, 1.165) is 24.0 Å². The maximum Gasteiger partial charge on any atom is 0.313 e. The van der Waals surface area contributed by atoms with E-state index in [9.17, 15) is 9.59 Å². The Bertz CT molecular complexity index is 916. The number of esters is 1. The van der Waals surface area contributed by atoms with Crippen molar-refractivity contribution in [3.05, 3.63) is 71.8 Å². The molecule has 4 heteroatoms. The van der Waals surface area contributed by atoms with Crippen LogP contribution >= 0.6 is 0 Å². The largest absolute Gasteiger partial charge is 0.469 e. The zero-order valence-electron chi connectivity index (χ0n) is 16.2. The average Bonchev–Trinajstić information content (AvgIpc) is 2.72. The van der Waals surface area contributed by atoms with Crippen molar-refractivity contribution in [2.24, 2.45) is 17.3 Å². The maximum atomic E-state index is 12.9. The molecule has 0 N–H and O–H groups in total. The molecular formula is C24H24O4. The number of para-hydroxylation sites is 1. The standard InChI is InChI=1S/C24H24O4/c1-24-14-13-18(19(25)15-24)20(21(24)23(26)27-2)22(16-9-5-3-6-10-16)28-17-11-7-4-8-12-17/h3-12,18,21H,13-15H2,1-2H3/b22-20-/t18-,21-,24-/m1/s1. The average molecular weight is 376 g/mol. The molecule has 0 amide bonds. The summed E-state index contributed by atoms with van der Waals surface area (Å²) in [7, 11) is 1.41. The molecule has 2 aromatic carbocycles. The predicted molar refractivity (Wildman–Crippen MR) is 106 cm³/mol. The molecule has 0 aliphatic heterocycles. The Labute approximate surface area is 165 Å². The summed E-state index contributed by atoms with van der Waals surface area (Å²) in [4.78, 5) is 25.7. The van der Waals surface area contributed by atoms with Crippen LogP contribution in [-0.4, -0.2) is 18.9 Å². The minimum absolute atomic E-state index is 0.189. The van der Waals surface area contributed by atoms with Gasteiger partial charge in [-0.3, -0.25) is 9.59 Å². The number of ketones is 1. The minimum Gasteiger partial charge on any atom is -0.469 e. The molecule has 4 nitrogen and oxygen atoms in total. The van der Waals surface area contributed by atoms with Gasteiger partial charge in [0.25, 0.3) is 0 Å². The Morgan fingerprint density at radius 2 is 1.68 bits per heavy atom. The molecule has 3 aliphatic carbocycles. The van der Waals surface area contributed by atoms with Crippen LogP contribution in [0.1, 0.15) is 31.7 Å². The molecule has 0 aromatic heterocycles. The Morgan fingerprint density at radius 3 is 2.29 bits per heavy atom. The van der Waals surface area contributed by atoms with Crippen LogP contribution in [0.3, 0.4) is 0 Å². The number of ether oxygens (including phenoxy) is 2. The molecule has 5 rings (SSSR count). The highest BCUT2D eigenvalue weighted by Crippen LogP contribution is 2.57. The van der Waals surface area contributed by atoms with Crippen molar-refractivity contribution in [2.75, 3.05) is 7.11 Å². The van der Waals surface area contributed by atoms with E-state index in [-0.39, 0.29) is 17.7 Å². The van der Waals surface area contributed by atoms with Crippen LogP contribution in [0.5, 0.6) is 5.75 Å². The number of hydrogen-bond donors (Lipinski definition) is 0. The highest BCUT2D eigenvalue weighted by molar-refractivity contribution is 5.95. The minimum atomic E-state index is -0.479. The number of hydrogen-bond acceptors (Lipinski definition) is 4. The fourth-order valence-corrected chi connectivity index (χ4v) is 4.70. The van der Waals surface area contributed by atoms with E-state index < -0.39 is 11.3 Å². The van der Waals surface area contributed by atoms with Gasteiger partial charge in [-0.05, 0) is 36.0 Å². The van der Waals surface area contributed by atoms with Gasteiger partial charge in [0.2, 0.25) is 0 Å². The number of rotatable bonds is 4. The maximum absolute atomic E-state index is 12.9. The summed E-state index contributed by atoms with van der Waals surface area (Å²) in [5.41, 5.74) is 1.19. The van der Waals surface area contributed by atoms with Crippen LogP contribution < -0.4 is 4.74 Å². The van der Waals surface area contributed by atoms with Crippen molar-refractivity contribution in [2.45, 2.75) is 26.2 Å². The van der Waals surface area contributed by atoms with Crippen molar-refractivity contribution in [3.8, 4) is 5.75 Å². The van der Waals surface area contributed by atoms with E-state index in [1.54, 1.807) is 0 Å². The van der Waals surface area contributed by atoms with Crippen LogP contribution in [0.25, 0.3) is 5.76 Å². The number of fused-ring (bicyclic) bond motifs is 3. The SMILES string of the molecule is COC(=O)[C@H]1/C(=C(\Oc2ccccc2)c2ccccc2)[C@@H]2CC[C@]1(C)CC2=O. The first kappa shape index (κ1) is 18.5. The van der Waals surface area contributed by atoms with Gasteiger partial charge in [-0.2, -0.15) is 0 Å². The summed E-state index contributed by atoms with van der Waals surface area (Å²) >= 11 is 0. The normalized spacial score (nSPS) is 28.0. The van der Waals surface area contributed by atoms with E-state index in [0.29, 0.717) is 17.9 Å². The monoisotopic (exact) mass is 376 g/mol. The fourth-order valence-electron chi connectivity index (χ4n) is 4.70. The molecule has 2 aromatic rings. The Kier molecular flexibility index (Phi) is 4.80. The summed E-state index contributed by atoms with van der Waals surface area (Å²) in [6.45, 7) is 2.02. The van der Waals surface area contributed by atoms with Crippen molar-refractivity contribution in [1.29, 1.82) is 0 Å². The van der Waals surface area contributed by atoms with Gasteiger partial charge in [0.15, 0.2) is 0 Å². The van der Waals surface area contributed by atoms with Gasteiger partial charge >= 0.3 is 5.97 Å². The lowest BCUT2D eigenvalue weighted by Gasteiger charge is -2.49. The van der Waals surface area contributed by atoms with Gasteiger partial charge in [0.05, 0.1) is 13.0 Å². The van der Waals surface area contributed by atoms with E-state index in [1.165, 1.54) is 7.11 Å². The number of methoxy groups -OCH3 is 1. The van der Waals surface area contributed by atoms with E-state index in [2.05, 4.69) is 0 Å². The lowest BCUT2D eigenvalue weighted by molar-refractivity contribution is -0.154. The Hall–Kier alpha value is -2.88. The van der Waals surface area contributed by atoms with Crippen LogP contribution in [0.15, 0.2) is 66.2 Å².